The van der Waals surface area contributed by atoms with Crippen molar-refractivity contribution in [1.29, 1.82) is 0 Å². The number of hydrogen-bond donors (Lipinski definition) is 2. The number of ketones is 1. The maximum atomic E-state index is 13.2. The molecule has 0 spiro atoms. The van der Waals surface area contributed by atoms with E-state index in [2.05, 4.69) is 10.0 Å². The molecule has 0 aromatic heterocycles. The Kier molecular flexibility index (Phi) is 6.56. The molecule has 170 valence electrons. The number of benzene rings is 4. The summed E-state index contributed by atoms with van der Waals surface area (Å²) in [6.07, 6.45) is 0. The van der Waals surface area contributed by atoms with E-state index in [1.807, 2.05) is 13.0 Å². The monoisotopic (exact) mass is 470 g/mol. The van der Waals surface area contributed by atoms with Crippen LogP contribution in [0.25, 0.3) is 0 Å². The number of amides is 1. The smallest absolute Gasteiger partial charge is 0.261 e. The number of carbonyl (C=O) groups is 2. The van der Waals surface area contributed by atoms with Gasteiger partial charge in [0.05, 0.1) is 21.8 Å². The lowest BCUT2D eigenvalue weighted by Crippen LogP contribution is -2.19. The van der Waals surface area contributed by atoms with Crippen LogP contribution in [0, 0.1) is 6.92 Å². The van der Waals surface area contributed by atoms with E-state index in [1.54, 1.807) is 72.8 Å². The number of anilines is 2. The van der Waals surface area contributed by atoms with Gasteiger partial charge in [0.2, 0.25) is 0 Å². The van der Waals surface area contributed by atoms with Gasteiger partial charge in [-0.15, -0.1) is 0 Å². The van der Waals surface area contributed by atoms with Crippen LogP contribution in [0.15, 0.2) is 108 Å². The van der Waals surface area contributed by atoms with Crippen molar-refractivity contribution in [3.63, 3.8) is 0 Å². The quantitative estimate of drug-likeness (QED) is 0.360. The normalized spacial score (nSPS) is 11.0. The minimum Gasteiger partial charge on any atom is -0.321 e. The number of nitrogens with one attached hydrogen (secondary N) is 2. The van der Waals surface area contributed by atoms with Gasteiger partial charge >= 0.3 is 0 Å². The molecule has 4 aromatic rings. The summed E-state index contributed by atoms with van der Waals surface area (Å²) in [6, 6.07) is 28.2. The first kappa shape index (κ1) is 22.9. The van der Waals surface area contributed by atoms with Crippen LogP contribution >= 0.6 is 0 Å². The van der Waals surface area contributed by atoms with Crippen molar-refractivity contribution in [1.82, 2.24) is 0 Å². The van der Waals surface area contributed by atoms with Crippen molar-refractivity contribution in [2.24, 2.45) is 0 Å². The molecule has 2 N–H and O–H groups in total. The Labute approximate surface area is 198 Å². The van der Waals surface area contributed by atoms with Crippen LogP contribution in [0.4, 0.5) is 11.4 Å². The molecule has 6 nitrogen and oxygen atoms in total. The molecule has 0 fully saturated rings. The largest absolute Gasteiger partial charge is 0.321 e. The maximum absolute atomic E-state index is 13.2. The van der Waals surface area contributed by atoms with E-state index < -0.39 is 15.9 Å². The van der Waals surface area contributed by atoms with Crippen molar-refractivity contribution in [3.8, 4) is 0 Å². The van der Waals surface area contributed by atoms with Crippen molar-refractivity contribution in [3.05, 3.63) is 125 Å². The summed E-state index contributed by atoms with van der Waals surface area (Å²) in [6.45, 7) is 1.86. The maximum Gasteiger partial charge on any atom is 0.261 e. The average molecular weight is 471 g/mol. The molecule has 0 heterocycles. The zero-order chi connectivity index (χ0) is 24.1. The van der Waals surface area contributed by atoms with Gasteiger partial charge in [-0.2, -0.15) is 0 Å². The van der Waals surface area contributed by atoms with Gasteiger partial charge in [0.1, 0.15) is 0 Å². The Morgan fingerprint density at radius 2 is 1.21 bits per heavy atom. The molecule has 0 aliphatic carbocycles. The van der Waals surface area contributed by atoms with Gasteiger partial charge < -0.3 is 5.32 Å². The van der Waals surface area contributed by atoms with Crippen LogP contribution in [-0.2, 0) is 10.0 Å². The number of hydrogen-bond acceptors (Lipinski definition) is 4. The van der Waals surface area contributed by atoms with Gasteiger partial charge in [0.25, 0.3) is 15.9 Å². The summed E-state index contributed by atoms with van der Waals surface area (Å²) in [5.41, 5.74) is 2.35. The molecular formula is C27H22N2O4S. The van der Waals surface area contributed by atoms with Crippen molar-refractivity contribution < 1.29 is 18.0 Å². The minimum absolute atomic E-state index is 0.0899. The molecule has 0 saturated heterocycles. The molecule has 0 unspecified atom stereocenters. The molecule has 34 heavy (non-hydrogen) atoms. The molecule has 0 aliphatic rings. The lowest BCUT2D eigenvalue weighted by atomic mass is 10.0. The van der Waals surface area contributed by atoms with Gasteiger partial charge in [-0.1, -0.05) is 72.3 Å². The Bertz CT molecular complexity index is 1450. The predicted octanol–water partition coefficient (Wildman–Crippen LogP) is 5.28. The van der Waals surface area contributed by atoms with Crippen molar-refractivity contribution >= 4 is 33.1 Å². The van der Waals surface area contributed by atoms with Crippen molar-refractivity contribution in [2.75, 3.05) is 10.0 Å². The third-order valence-corrected chi connectivity index (χ3v) is 6.58. The van der Waals surface area contributed by atoms with Gasteiger partial charge in [0.15, 0.2) is 5.78 Å². The fourth-order valence-electron chi connectivity index (χ4n) is 3.42. The molecule has 0 saturated carbocycles. The lowest BCUT2D eigenvalue weighted by Gasteiger charge is -2.14. The summed E-state index contributed by atoms with van der Waals surface area (Å²) in [5.74, 6) is -0.777. The van der Waals surface area contributed by atoms with E-state index in [0.29, 0.717) is 16.8 Å². The third kappa shape index (κ3) is 5.05. The highest BCUT2D eigenvalue weighted by Gasteiger charge is 2.20. The second-order valence-corrected chi connectivity index (χ2v) is 9.34. The molecule has 0 atom stereocenters. The minimum atomic E-state index is -3.90. The fourth-order valence-corrected chi connectivity index (χ4v) is 4.50. The second-order valence-electron chi connectivity index (χ2n) is 7.66. The van der Waals surface area contributed by atoms with Gasteiger partial charge in [0, 0.05) is 11.1 Å². The highest BCUT2D eigenvalue weighted by Crippen LogP contribution is 2.24. The third-order valence-electron chi connectivity index (χ3n) is 5.20. The second kappa shape index (κ2) is 9.72. The van der Waals surface area contributed by atoms with Crippen LogP contribution in [0.3, 0.4) is 0 Å². The first-order valence-electron chi connectivity index (χ1n) is 10.5. The Morgan fingerprint density at radius 1 is 0.647 bits per heavy atom. The molecule has 7 heteroatoms. The van der Waals surface area contributed by atoms with Gasteiger partial charge in [-0.3, -0.25) is 14.3 Å². The first-order valence-corrected chi connectivity index (χ1v) is 12.0. The zero-order valence-electron chi connectivity index (χ0n) is 18.4. The van der Waals surface area contributed by atoms with Crippen LogP contribution < -0.4 is 10.0 Å². The Morgan fingerprint density at radius 3 is 1.88 bits per heavy atom. The molecule has 4 aromatic carbocycles. The van der Waals surface area contributed by atoms with Crippen molar-refractivity contribution in [2.45, 2.75) is 11.8 Å². The highest BCUT2D eigenvalue weighted by molar-refractivity contribution is 7.92. The number of para-hydroxylation sites is 2. The average Bonchev–Trinajstić information content (AvgIpc) is 2.85. The molecular weight excluding hydrogens is 448 g/mol. The summed E-state index contributed by atoms with van der Waals surface area (Å²) in [4.78, 5) is 26.2. The predicted molar refractivity (Wildman–Crippen MR) is 133 cm³/mol. The number of rotatable bonds is 7. The van der Waals surface area contributed by atoms with E-state index in [9.17, 15) is 18.0 Å². The molecule has 4 rings (SSSR count). The summed E-state index contributed by atoms with van der Waals surface area (Å²) < 4.78 is 28.2. The van der Waals surface area contributed by atoms with E-state index >= 15 is 0 Å². The number of sulfonamides is 1. The fraction of sp³-hybridized carbons (Fsp3) is 0.0370. The highest BCUT2D eigenvalue weighted by atomic mass is 32.2. The first-order chi connectivity index (χ1) is 16.3. The topological polar surface area (TPSA) is 92.3 Å². The van der Waals surface area contributed by atoms with E-state index in [1.165, 1.54) is 24.3 Å². The van der Waals surface area contributed by atoms with Crippen LogP contribution in [0.1, 0.15) is 31.8 Å². The van der Waals surface area contributed by atoms with E-state index in [4.69, 9.17) is 0 Å². The Balaban J connectivity index is 1.61. The lowest BCUT2D eigenvalue weighted by molar-refractivity contribution is 0.102. The summed E-state index contributed by atoms with van der Waals surface area (Å²) in [5, 5.41) is 2.76. The molecule has 0 radical (unpaired) electrons. The molecule has 1 amide bonds. The Hall–Kier alpha value is -4.23. The van der Waals surface area contributed by atoms with Gasteiger partial charge in [-0.25, -0.2) is 8.42 Å². The summed E-state index contributed by atoms with van der Waals surface area (Å²) >= 11 is 0. The SMILES string of the molecule is Cc1ccc(S(=O)(=O)Nc2ccccc2C(=O)Nc2ccccc2C(=O)c2ccccc2)cc1. The van der Waals surface area contributed by atoms with Crippen LogP contribution in [0.5, 0.6) is 0 Å². The molecule has 0 bridgehead atoms. The van der Waals surface area contributed by atoms with E-state index in [0.717, 1.165) is 5.56 Å². The summed E-state index contributed by atoms with van der Waals surface area (Å²) in [7, 11) is -3.90. The van der Waals surface area contributed by atoms with Crippen LogP contribution in [-0.4, -0.2) is 20.1 Å². The number of carbonyl (C=O) groups excluding carboxylic acids is 2. The van der Waals surface area contributed by atoms with Crippen LogP contribution in [0.2, 0.25) is 0 Å². The number of aryl methyl sites for hydroxylation is 1. The molecule has 0 aliphatic heterocycles. The standard InChI is InChI=1S/C27H22N2O4S/c1-19-15-17-21(18-16-19)34(32,33)29-25-14-8-6-12-23(25)27(31)28-24-13-7-5-11-22(24)26(30)20-9-3-2-4-10-20/h2-18,29H,1H3,(H,28,31). The van der Waals surface area contributed by atoms with Gasteiger partial charge in [-0.05, 0) is 43.3 Å². The zero-order valence-corrected chi connectivity index (χ0v) is 19.2. The van der Waals surface area contributed by atoms with E-state index in [-0.39, 0.29) is 21.9 Å².